The molecule has 31 heavy (non-hydrogen) atoms. The number of hydrogen-bond acceptors (Lipinski definition) is 3. The number of nitrogens with zero attached hydrogens (tertiary/aromatic N) is 2. The number of amides is 2. The second kappa shape index (κ2) is 8.80. The van der Waals surface area contributed by atoms with E-state index >= 15 is 0 Å². The third-order valence-electron chi connectivity index (χ3n) is 5.44. The Balaban J connectivity index is 1.44. The van der Waals surface area contributed by atoms with Gasteiger partial charge < -0.3 is 10.2 Å². The fraction of sp³-hybridized carbons (Fsp3) is 0.160. The third kappa shape index (κ3) is 4.31. The van der Waals surface area contributed by atoms with Gasteiger partial charge in [-0.2, -0.15) is 5.26 Å². The summed E-state index contributed by atoms with van der Waals surface area (Å²) in [5.74, 6) is -1.10. The first kappa shape index (κ1) is 20.3. The topological polar surface area (TPSA) is 73.2 Å². The Hall–Kier alpha value is -3.98. The molecular weight excluding hydrogens is 393 g/mol. The van der Waals surface area contributed by atoms with Gasteiger partial charge in [0.15, 0.2) is 0 Å². The standard InChI is InChI=1S/C25H20FN3O2/c26-23-11-4-3-9-21(23)17-7-5-8-20(14-17)28-24(30)19-12-13-29(16-19)25(31)22-10-2-1-6-18(22)15-27/h1-11,14,19H,12-13,16H2,(H,28,30)/t19-/m1/s1. The highest BCUT2D eigenvalue weighted by atomic mass is 19.1. The number of benzene rings is 3. The molecule has 1 N–H and O–H groups in total. The Kier molecular flexibility index (Phi) is 5.76. The van der Waals surface area contributed by atoms with E-state index < -0.39 is 0 Å². The average molecular weight is 413 g/mol. The molecule has 3 aromatic carbocycles. The SMILES string of the molecule is N#Cc1ccccc1C(=O)N1CC[C@@H](C(=O)Nc2cccc(-c3ccccc3F)c2)C1. The van der Waals surface area contributed by atoms with Gasteiger partial charge in [0.05, 0.1) is 23.1 Å². The molecule has 1 saturated heterocycles. The normalized spacial score (nSPS) is 15.4. The molecule has 154 valence electrons. The van der Waals surface area contributed by atoms with Crippen LogP contribution in [0.2, 0.25) is 0 Å². The summed E-state index contributed by atoms with van der Waals surface area (Å²) in [5, 5.41) is 12.1. The minimum Gasteiger partial charge on any atom is -0.338 e. The number of nitrogens with one attached hydrogen (secondary N) is 1. The quantitative estimate of drug-likeness (QED) is 0.686. The number of hydrogen-bond donors (Lipinski definition) is 1. The maximum atomic E-state index is 14.1. The summed E-state index contributed by atoms with van der Waals surface area (Å²) in [6, 6.07) is 22.2. The van der Waals surface area contributed by atoms with Gasteiger partial charge in [-0.15, -0.1) is 0 Å². The number of likely N-dealkylation sites (tertiary alicyclic amines) is 1. The smallest absolute Gasteiger partial charge is 0.255 e. The summed E-state index contributed by atoms with van der Waals surface area (Å²) in [4.78, 5) is 27.2. The minimum absolute atomic E-state index is 0.186. The number of carbonyl (C=O) groups excluding carboxylic acids is 2. The van der Waals surface area contributed by atoms with Crippen molar-refractivity contribution in [3.8, 4) is 17.2 Å². The molecule has 0 unspecified atom stereocenters. The second-order valence-electron chi connectivity index (χ2n) is 7.44. The maximum absolute atomic E-state index is 14.1. The zero-order valence-electron chi connectivity index (χ0n) is 16.7. The Labute approximate surface area is 179 Å². The van der Waals surface area contributed by atoms with E-state index in [1.165, 1.54) is 6.07 Å². The van der Waals surface area contributed by atoms with Gasteiger partial charge in [-0.1, -0.05) is 42.5 Å². The zero-order valence-corrected chi connectivity index (χ0v) is 16.7. The molecule has 6 heteroatoms. The molecule has 1 atom stereocenters. The fourth-order valence-electron chi connectivity index (χ4n) is 3.80. The van der Waals surface area contributed by atoms with Crippen molar-refractivity contribution in [3.63, 3.8) is 0 Å². The van der Waals surface area contributed by atoms with Crippen molar-refractivity contribution in [1.29, 1.82) is 5.26 Å². The molecule has 1 heterocycles. The Bertz CT molecular complexity index is 1190. The summed E-state index contributed by atoms with van der Waals surface area (Å²) in [7, 11) is 0. The van der Waals surface area contributed by atoms with Crippen LogP contribution in [0.1, 0.15) is 22.3 Å². The minimum atomic E-state index is -0.352. The highest BCUT2D eigenvalue weighted by Gasteiger charge is 2.32. The second-order valence-corrected chi connectivity index (χ2v) is 7.44. The maximum Gasteiger partial charge on any atom is 0.255 e. The van der Waals surface area contributed by atoms with Crippen molar-refractivity contribution in [2.24, 2.45) is 5.92 Å². The number of rotatable bonds is 4. The van der Waals surface area contributed by atoms with Crippen LogP contribution in [-0.2, 0) is 4.79 Å². The van der Waals surface area contributed by atoms with Crippen LogP contribution in [-0.4, -0.2) is 29.8 Å². The van der Waals surface area contributed by atoms with Gasteiger partial charge in [-0.05, 0) is 42.3 Å². The van der Waals surface area contributed by atoms with Gasteiger partial charge >= 0.3 is 0 Å². The molecule has 0 aromatic heterocycles. The third-order valence-corrected chi connectivity index (χ3v) is 5.44. The fourth-order valence-corrected chi connectivity index (χ4v) is 3.80. The van der Waals surface area contributed by atoms with Crippen molar-refractivity contribution in [2.45, 2.75) is 6.42 Å². The molecule has 3 aromatic rings. The Morgan fingerprint density at radius 1 is 1.03 bits per heavy atom. The van der Waals surface area contributed by atoms with E-state index in [2.05, 4.69) is 5.32 Å². The van der Waals surface area contributed by atoms with E-state index in [4.69, 9.17) is 0 Å². The predicted octanol–water partition coefficient (Wildman–Crippen LogP) is 4.47. The van der Waals surface area contributed by atoms with Gasteiger partial charge in [0.1, 0.15) is 5.82 Å². The molecular formula is C25H20FN3O2. The zero-order chi connectivity index (χ0) is 21.8. The van der Waals surface area contributed by atoms with Crippen LogP contribution in [0.15, 0.2) is 72.8 Å². The summed E-state index contributed by atoms with van der Waals surface area (Å²) < 4.78 is 14.1. The van der Waals surface area contributed by atoms with Crippen LogP contribution in [0.4, 0.5) is 10.1 Å². The van der Waals surface area contributed by atoms with Crippen LogP contribution in [0, 0.1) is 23.1 Å². The van der Waals surface area contributed by atoms with Gasteiger partial charge in [-0.25, -0.2) is 4.39 Å². The molecule has 5 nitrogen and oxygen atoms in total. The molecule has 0 radical (unpaired) electrons. The van der Waals surface area contributed by atoms with E-state index in [9.17, 15) is 19.2 Å². The van der Waals surface area contributed by atoms with Gasteiger partial charge in [-0.3, -0.25) is 9.59 Å². The van der Waals surface area contributed by atoms with Crippen LogP contribution in [0.25, 0.3) is 11.1 Å². The molecule has 0 saturated carbocycles. The molecule has 1 aliphatic rings. The molecule has 0 aliphatic carbocycles. The van der Waals surface area contributed by atoms with Crippen molar-refractivity contribution in [1.82, 2.24) is 4.90 Å². The van der Waals surface area contributed by atoms with Crippen LogP contribution >= 0.6 is 0 Å². The first-order valence-electron chi connectivity index (χ1n) is 10.0. The molecule has 2 amide bonds. The summed E-state index contributed by atoms with van der Waals surface area (Å²) in [6.07, 6.45) is 0.541. The lowest BCUT2D eigenvalue weighted by Gasteiger charge is -2.17. The first-order chi connectivity index (χ1) is 15.1. The van der Waals surface area contributed by atoms with E-state index in [0.717, 1.165) is 0 Å². The molecule has 1 aliphatic heterocycles. The van der Waals surface area contributed by atoms with Crippen LogP contribution in [0.3, 0.4) is 0 Å². The lowest BCUT2D eigenvalue weighted by atomic mass is 10.0. The number of anilines is 1. The van der Waals surface area contributed by atoms with E-state index in [0.29, 0.717) is 40.9 Å². The highest BCUT2D eigenvalue weighted by molar-refractivity contribution is 5.98. The van der Waals surface area contributed by atoms with Gasteiger partial charge in [0.2, 0.25) is 5.91 Å². The number of halogens is 1. The lowest BCUT2D eigenvalue weighted by molar-refractivity contribution is -0.119. The molecule has 1 fully saturated rings. The summed E-state index contributed by atoms with van der Waals surface area (Å²) in [5.41, 5.74) is 2.39. The largest absolute Gasteiger partial charge is 0.338 e. The van der Waals surface area contributed by atoms with Crippen molar-refractivity contribution in [3.05, 3.63) is 89.7 Å². The lowest BCUT2D eigenvalue weighted by Crippen LogP contribution is -2.31. The van der Waals surface area contributed by atoms with Gasteiger partial charge in [0.25, 0.3) is 5.91 Å². The van der Waals surface area contributed by atoms with E-state index in [1.54, 1.807) is 71.6 Å². The van der Waals surface area contributed by atoms with Crippen molar-refractivity contribution in [2.75, 3.05) is 18.4 Å². The van der Waals surface area contributed by atoms with Crippen LogP contribution < -0.4 is 5.32 Å². The molecule has 0 bridgehead atoms. The highest BCUT2D eigenvalue weighted by Crippen LogP contribution is 2.26. The predicted molar refractivity (Wildman–Crippen MR) is 116 cm³/mol. The first-order valence-corrected chi connectivity index (χ1v) is 10.0. The van der Waals surface area contributed by atoms with Gasteiger partial charge in [0, 0.05) is 24.3 Å². The Morgan fingerprint density at radius 2 is 1.81 bits per heavy atom. The summed E-state index contributed by atoms with van der Waals surface area (Å²) in [6.45, 7) is 0.739. The molecule has 0 spiro atoms. The van der Waals surface area contributed by atoms with Crippen LogP contribution in [0.5, 0.6) is 0 Å². The Morgan fingerprint density at radius 3 is 2.61 bits per heavy atom. The van der Waals surface area contributed by atoms with E-state index in [-0.39, 0.29) is 30.1 Å². The van der Waals surface area contributed by atoms with Crippen molar-refractivity contribution >= 4 is 17.5 Å². The summed E-state index contributed by atoms with van der Waals surface area (Å²) >= 11 is 0. The monoisotopic (exact) mass is 413 g/mol. The number of carbonyl (C=O) groups is 2. The van der Waals surface area contributed by atoms with Crippen molar-refractivity contribution < 1.29 is 14.0 Å². The number of nitriles is 1. The average Bonchev–Trinajstić information content (AvgIpc) is 3.29. The van der Waals surface area contributed by atoms with E-state index in [1.807, 2.05) is 6.07 Å². The molecule has 4 rings (SSSR count).